The molecule has 1 fully saturated rings. The molecule has 1 saturated heterocycles. The molecule has 1 aliphatic heterocycles. The zero-order valence-electron chi connectivity index (χ0n) is 8.21. The number of rotatable bonds is 3. The van der Waals surface area contributed by atoms with E-state index in [1.807, 2.05) is 6.92 Å². The third-order valence-electron chi connectivity index (χ3n) is 2.08. The van der Waals surface area contributed by atoms with E-state index in [4.69, 9.17) is 9.47 Å². The summed E-state index contributed by atoms with van der Waals surface area (Å²) in [7, 11) is 0. The number of carbonyl (C=O) groups excluding carboxylic acids is 1. The smallest absolute Gasteiger partial charge is 0.333 e. The summed E-state index contributed by atoms with van der Waals surface area (Å²) in [5, 5.41) is 0. The molecule has 0 aliphatic carbocycles. The number of carbonyl (C=O) groups is 1. The van der Waals surface area contributed by atoms with Crippen LogP contribution in [-0.2, 0) is 14.3 Å². The van der Waals surface area contributed by atoms with E-state index in [2.05, 4.69) is 6.58 Å². The highest BCUT2D eigenvalue weighted by Gasteiger charge is 2.23. The molecule has 0 spiro atoms. The lowest BCUT2D eigenvalue weighted by Gasteiger charge is -2.08. The first-order valence-corrected chi connectivity index (χ1v) is 4.54. The van der Waals surface area contributed by atoms with Crippen LogP contribution >= 0.6 is 0 Å². The molecular weight excluding hydrogens is 168 g/mol. The summed E-state index contributed by atoms with van der Waals surface area (Å²) in [6.45, 7) is 8.34. The molecular formula is C10H16O3. The van der Waals surface area contributed by atoms with Crippen LogP contribution in [0.1, 0.15) is 20.3 Å². The lowest BCUT2D eigenvalue weighted by atomic mass is 10.1. The van der Waals surface area contributed by atoms with Gasteiger partial charge in [-0.15, -0.1) is 0 Å². The molecule has 74 valence electrons. The van der Waals surface area contributed by atoms with E-state index in [1.165, 1.54) is 0 Å². The number of hydrogen-bond donors (Lipinski definition) is 0. The normalized spacial score (nSPS) is 27.2. The second-order valence-electron chi connectivity index (χ2n) is 3.62. The molecule has 0 aromatic heterocycles. The van der Waals surface area contributed by atoms with E-state index in [1.54, 1.807) is 6.92 Å². The first-order chi connectivity index (χ1) is 6.09. The van der Waals surface area contributed by atoms with Gasteiger partial charge in [0.15, 0.2) is 0 Å². The zero-order valence-corrected chi connectivity index (χ0v) is 8.21. The summed E-state index contributed by atoms with van der Waals surface area (Å²) in [6.07, 6.45) is 1.28. The molecule has 0 saturated carbocycles. The molecule has 0 aromatic carbocycles. The topological polar surface area (TPSA) is 35.5 Å². The van der Waals surface area contributed by atoms with Crippen molar-refractivity contribution in [3.63, 3.8) is 0 Å². The maximum atomic E-state index is 11.0. The minimum Gasteiger partial charge on any atom is -0.462 e. The van der Waals surface area contributed by atoms with Crippen molar-refractivity contribution >= 4 is 5.97 Å². The van der Waals surface area contributed by atoms with Crippen LogP contribution in [0.3, 0.4) is 0 Å². The monoisotopic (exact) mass is 184 g/mol. The third kappa shape index (κ3) is 3.19. The summed E-state index contributed by atoms with van der Waals surface area (Å²) in [4.78, 5) is 11.0. The molecule has 3 heteroatoms. The maximum Gasteiger partial charge on any atom is 0.333 e. The van der Waals surface area contributed by atoms with Gasteiger partial charge in [0.25, 0.3) is 0 Å². The van der Waals surface area contributed by atoms with Crippen LogP contribution in [-0.4, -0.2) is 25.3 Å². The van der Waals surface area contributed by atoms with Crippen LogP contribution in [0.15, 0.2) is 12.2 Å². The Morgan fingerprint density at radius 3 is 2.85 bits per heavy atom. The van der Waals surface area contributed by atoms with Crippen molar-refractivity contribution in [2.75, 3.05) is 13.2 Å². The van der Waals surface area contributed by atoms with Crippen LogP contribution in [0.5, 0.6) is 0 Å². The third-order valence-corrected chi connectivity index (χ3v) is 2.08. The quantitative estimate of drug-likeness (QED) is 0.493. The Morgan fingerprint density at radius 1 is 1.69 bits per heavy atom. The highest BCUT2D eigenvalue weighted by atomic mass is 16.5. The average molecular weight is 184 g/mol. The van der Waals surface area contributed by atoms with Crippen molar-refractivity contribution in [3.8, 4) is 0 Å². The van der Waals surface area contributed by atoms with Gasteiger partial charge in [-0.25, -0.2) is 4.79 Å². The van der Waals surface area contributed by atoms with E-state index in [0.717, 1.165) is 6.42 Å². The SMILES string of the molecule is C=C(C)C(=O)OCC1COC(C)C1. The van der Waals surface area contributed by atoms with Crippen LogP contribution in [0, 0.1) is 5.92 Å². The standard InChI is InChI=1S/C10H16O3/c1-7(2)10(11)13-6-9-4-8(3)12-5-9/h8-9H,1,4-6H2,2-3H3. The van der Waals surface area contributed by atoms with Gasteiger partial charge in [-0.2, -0.15) is 0 Å². The summed E-state index contributed by atoms with van der Waals surface area (Å²) >= 11 is 0. The van der Waals surface area contributed by atoms with Gasteiger partial charge in [-0.1, -0.05) is 6.58 Å². The van der Waals surface area contributed by atoms with Gasteiger partial charge in [0.2, 0.25) is 0 Å². The molecule has 0 radical (unpaired) electrons. The van der Waals surface area contributed by atoms with Crippen LogP contribution in [0.4, 0.5) is 0 Å². The Balaban J connectivity index is 2.20. The summed E-state index contributed by atoms with van der Waals surface area (Å²) < 4.78 is 10.4. The van der Waals surface area contributed by atoms with Gasteiger partial charge in [0, 0.05) is 11.5 Å². The lowest BCUT2D eigenvalue weighted by Crippen LogP contribution is -2.14. The lowest BCUT2D eigenvalue weighted by molar-refractivity contribution is -0.140. The summed E-state index contributed by atoms with van der Waals surface area (Å²) in [5.74, 6) is 0.0536. The molecule has 3 nitrogen and oxygen atoms in total. The Morgan fingerprint density at radius 2 is 2.38 bits per heavy atom. The van der Waals surface area contributed by atoms with Crippen LogP contribution in [0.2, 0.25) is 0 Å². The average Bonchev–Trinajstić information content (AvgIpc) is 2.47. The van der Waals surface area contributed by atoms with Crippen molar-refractivity contribution < 1.29 is 14.3 Å². The van der Waals surface area contributed by atoms with Crippen LogP contribution in [0.25, 0.3) is 0 Å². The van der Waals surface area contributed by atoms with E-state index >= 15 is 0 Å². The van der Waals surface area contributed by atoms with Crippen molar-refractivity contribution in [1.82, 2.24) is 0 Å². The number of hydrogen-bond acceptors (Lipinski definition) is 3. The minimum absolute atomic E-state index is 0.300. The highest BCUT2D eigenvalue weighted by molar-refractivity contribution is 5.86. The molecule has 0 aromatic rings. The van der Waals surface area contributed by atoms with Crippen molar-refractivity contribution in [3.05, 3.63) is 12.2 Å². The van der Waals surface area contributed by atoms with Gasteiger partial charge in [-0.3, -0.25) is 0 Å². The molecule has 0 bridgehead atoms. The second kappa shape index (κ2) is 4.42. The summed E-state index contributed by atoms with van der Waals surface area (Å²) in [6, 6.07) is 0. The van der Waals surface area contributed by atoms with Gasteiger partial charge in [0.1, 0.15) is 0 Å². The van der Waals surface area contributed by atoms with E-state index < -0.39 is 0 Å². The van der Waals surface area contributed by atoms with Crippen molar-refractivity contribution in [2.24, 2.45) is 5.92 Å². The van der Waals surface area contributed by atoms with Gasteiger partial charge in [0.05, 0.1) is 19.3 Å². The molecule has 2 unspecified atom stereocenters. The predicted molar refractivity (Wildman–Crippen MR) is 49.3 cm³/mol. The van der Waals surface area contributed by atoms with E-state index in [-0.39, 0.29) is 5.97 Å². The first kappa shape index (κ1) is 10.3. The predicted octanol–water partition coefficient (Wildman–Crippen LogP) is 1.53. The first-order valence-electron chi connectivity index (χ1n) is 4.54. The fourth-order valence-electron chi connectivity index (χ4n) is 1.34. The Kier molecular flexibility index (Phi) is 3.48. The van der Waals surface area contributed by atoms with Gasteiger partial charge >= 0.3 is 5.97 Å². The molecule has 2 atom stereocenters. The number of ether oxygens (including phenoxy) is 2. The molecule has 13 heavy (non-hydrogen) atoms. The molecule has 0 N–H and O–H groups in total. The van der Waals surface area contributed by atoms with Gasteiger partial charge < -0.3 is 9.47 Å². The van der Waals surface area contributed by atoms with E-state index in [9.17, 15) is 4.79 Å². The van der Waals surface area contributed by atoms with E-state index in [0.29, 0.717) is 30.8 Å². The molecule has 0 amide bonds. The summed E-state index contributed by atoms with van der Waals surface area (Å²) in [5.41, 5.74) is 0.451. The van der Waals surface area contributed by atoms with Gasteiger partial charge in [-0.05, 0) is 20.3 Å². The Bertz CT molecular complexity index is 210. The van der Waals surface area contributed by atoms with Crippen molar-refractivity contribution in [1.29, 1.82) is 0 Å². The minimum atomic E-state index is -0.306. The molecule has 1 rings (SSSR count). The molecule has 1 heterocycles. The zero-order chi connectivity index (χ0) is 9.84. The van der Waals surface area contributed by atoms with Crippen molar-refractivity contribution in [2.45, 2.75) is 26.4 Å². The Hall–Kier alpha value is -0.830. The van der Waals surface area contributed by atoms with Crippen LogP contribution < -0.4 is 0 Å². The fraction of sp³-hybridized carbons (Fsp3) is 0.700. The maximum absolute atomic E-state index is 11.0. The number of esters is 1. The molecule has 1 aliphatic rings. The second-order valence-corrected chi connectivity index (χ2v) is 3.62. The largest absolute Gasteiger partial charge is 0.462 e. The Labute approximate surface area is 78.7 Å². The highest BCUT2D eigenvalue weighted by Crippen LogP contribution is 2.19. The fourth-order valence-corrected chi connectivity index (χ4v) is 1.34.